The molecule has 2 aromatic rings. The van der Waals surface area contributed by atoms with Crippen molar-refractivity contribution in [2.75, 3.05) is 5.73 Å². The summed E-state index contributed by atoms with van der Waals surface area (Å²) < 4.78 is 2.61. The van der Waals surface area contributed by atoms with Crippen LogP contribution in [-0.4, -0.2) is 14.9 Å². The lowest BCUT2D eigenvalue weighted by Gasteiger charge is -2.10. The highest BCUT2D eigenvalue weighted by atomic mass is 79.9. The summed E-state index contributed by atoms with van der Waals surface area (Å²) in [6.45, 7) is 0. The third kappa shape index (κ3) is 3.07. The van der Waals surface area contributed by atoms with Crippen LogP contribution in [0.4, 0.5) is 5.82 Å². The average molecular weight is 389 g/mol. The molecule has 2 rings (SSSR count). The van der Waals surface area contributed by atoms with Gasteiger partial charge in [-0.3, -0.25) is 18.7 Å². The zero-order valence-corrected chi connectivity index (χ0v) is 14.5. The first-order valence-electron chi connectivity index (χ1n) is 6.75. The van der Waals surface area contributed by atoms with Crippen molar-refractivity contribution in [3.05, 3.63) is 66.3 Å². The minimum Gasteiger partial charge on any atom is -0.384 e. The van der Waals surface area contributed by atoms with Gasteiger partial charge in [-0.05, 0) is 23.8 Å². The van der Waals surface area contributed by atoms with Gasteiger partial charge in [-0.2, -0.15) is 5.26 Å². The van der Waals surface area contributed by atoms with E-state index < -0.39 is 22.6 Å². The van der Waals surface area contributed by atoms with Crippen LogP contribution in [0, 0.1) is 11.3 Å². The predicted octanol–water partition coefficient (Wildman–Crippen LogP) is 1.22. The summed E-state index contributed by atoms with van der Waals surface area (Å²) in [4.78, 5) is 36.6. The second kappa shape index (κ2) is 6.68. The van der Waals surface area contributed by atoms with Gasteiger partial charge in [-0.25, -0.2) is 4.79 Å². The number of nitrogens with zero attached hydrogens (tertiary/aromatic N) is 3. The molecule has 0 spiro atoms. The number of benzene rings is 1. The fourth-order valence-electron chi connectivity index (χ4n) is 2.08. The lowest BCUT2D eigenvalue weighted by atomic mass is 10.0. The van der Waals surface area contributed by atoms with Crippen molar-refractivity contribution < 1.29 is 4.79 Å². The van der Waals surface area contributed by atoms with Crippen molar-refractivity contribution in [2.24, 2.45) is 14.1 Å². The van der Waals surface area contributed by atoms with Crippen LogP contribution >= 0.6 is 15.9 Å². The highest BCUT2D eigenvalue weighted by molar-refractivity contribution is 9.10. The molecule has 0 radical (unpaired) electrons. The van der Waals surface area contributed by atoms with Crippen molar-refractivity contribution in [3.8, 4) is 6.07 Å². The molecule has 0 saturated heterocycles. The van der Waals surface area contributed by atoms with E-state index in [0.717, 1.165) is 13.6 Å². The first-order chi connectivity index (χ1) is 11.3. The third-order valence-corrected chi connectivity index (χ3v) is 4.01. The van der Waals surface area contributed by atoms with Crippen LogP contribution < -0.4 is 17.0 Å². The van der Waals surface area contributed by atoms with Crippen molar-refractivity contribution in [2.45, 2.75) is 0 Å². The standard InChI is InChI=1S/C16H13BrN4O3/c1-20-14(19)12(15(23)21(2)16(20)24)13(22)10(8-18)7-9-3-5-11(17)6-4-9/h3-7H,19H2,1-2H3/b10-7+. The summed E-state index contributed by atoms with van der Waals surface area (Å²) in [6.07, 6.45) is 1.36. The van der Waals surface area contributed by atoms with Gasteiger partial charge >= 0.3 is 5.69 Å². The van der Waals surface area contributed by atoms with Crippen molar-refractivity contribution in [1.82, 2.24) is 9.13 Å². The minimum atomic E-state index is -0.836. The van der Waals surface area contributed by atoms with Crippen molar-refractivity contribution in [3.63, 3.8) is 0 Å². The molecule has 122 valence electrons. The summed E-state index contributed by atoms with van der Waals surface area (Å²) in [5.74, 6) is -1.10. The van der Waals surface area contributed by atoms with E-state index in [1.54, 1.807) is 30.3 Å². The Morgan fingerprint density at radius 1 is 1.21 bits per heavy atom. The van der Waals surface area contributed by atoms with Gasteiger partial charge in [0.1, 0.15) is 23.0 Å². The number of halogens is 1. The zero-order chi connectivity index (χ0) is 18.0. The van der Waals surface area contributed by atoms with Crippen LogP contribution in [0.2, 0.25) is 0 Å². The van der Waals surface area contributed by atoms with E-state index in [-0.39, 0.29) is 11.4 Å². The molecular formula is C16H13BrN4O3. The summed E-state index contributed by atoms with van der Waals surface area (Å²) in [5, 5.41) is 9.28. The maximum atomic E-state index is 12.6. The number of carbonyl (C=O) groups excluding carboxylic acids is 1. The Labute approximate surface area is 145 Å². The molecule has 0 aliphatic rings. The molecule has 1 heterocycles. The molecule has 0 fully saturated rings. The number of anilines is 1. The SMILES string of the molecule is Cn1c(N)c(C(=O)/C(C#N)=C/c2ccc(Br)cc2)c(=O)n(C)c1=O. The zero-order valence-electron chi connectivity index (χ0n) is 12.9. The Bertz CT molecular complexity index is 1010. The summed E-state index contributed by atoms with van der Waals surface area (Å²) >= 11 is 3.29. The second-order valence-corrected chi connectivity index (χ2v) is 5.93. The van der Waals surface area contributed by atoms with Crippen LogP contribution in [0.3, 0.4) is 0 Å². The number of allylic oxidation sites excluding steroid dienone is 1. The molecule has 0 unspecified atom stereocenters. The Hall–Kier alpha value is -2.92. The van der Waals surface area contributed by atoms with E-state index in [9.17, 15) is 19.6 Å². The van der Waals surface area contributed by atoms with E-state index in [2.05, 4.69) is 15.9 Å². The summed E-state index contributed by atoms with van der Waals surface area (Å²) in [7, 11) is 2.59. The van der Waals surface area contributed by atoms with E-state index in [4.69, 9.17) is 5.73 Å². The number of hydrogen-bond donors (Lipinski definition) is 1. The predicted molar refractivity (Wildman–Crippen MR) is 93.4 cm³/mol. The van der Waals surface area contributed by atoms with Gasteiger partial charge in [0.25, 0.3) is 5.56 Å². The Morgan fingerprint density at radius 2 is 1.79 bits per heavy atom. The van der Waals surface area contributed by atoms with Gasteiger partial charge in [0.15, 0.2) is 0 Å². The molecule has 0 aliphatic heterocycles. The van der Waals surface area contributed by atoms with Gasteiger partial charge in [0.2, 0.25) is 5.78 Å². The van der Waals surface area contributed by atoms with Crippen molar-refractivity contribution in [1.29, 1.82) is 5.26 Å². The maximum Gasteiger partial charge on any atom is 0.332 e. The lowest BCUT2D eigenvalue weighted by molar-refractivity contribution is 0.103. The summed E-state index contributed by atoms with van der Waals surface area (Å²) in [5.41, 5.74) is 4.23. The fraction of sp³-hybridized carbons (Fsp3) is 0.125. The number of nitrogen functional groups attached to an aromatic ring is 1. The third-order valence-electron chi connectivity index (χ3n) is 3.48. The molecule has 0 saturated carbocycles. The lowest BCUT2D eigenvalue weighted by Crippen LogP contribution is -2.41. The van der Waals surface area contributed by atoms with Crippen LogP contribution in [0.1, 0.15) is 15.9 Å². The van der Waals surface area contributed by atoms with E-state index >= 15 is 0 Å². The van der Waals surface area contributed by atoms with Crippen molar-refractivity contribution >= 4 is 33.6 Å². The van der Waals surface area contributed by atoms with E-state index in [1.807, 2.05) is 0 Å². The van der Waals surface area contributed by atoms with Crippen LogP contribution in [0.5, 0.6) is 0 Å². The molecular weight excluding hydrogens is 376 g/mol. The number of carbonyl (C=O) groups is 1. The monoisotopic (exact) mass is 388 g/mol. The summed E-state index contributed by atoms with van der Waals surface area (Å²) in [6, 6.07) is 8.70. The molecule has 7 nitrogen and oxygen atoms in total. The Balaban J connectivity index is 2.63. The molecule has 2 N–H and O–H groups in total. The molecule has 8 heteroatoms. The van der Waals surface area contributed by atoms with Gasteiger partial charge < -0.3 is 5.73 Å². The largest absolute Gasteiger partial charge is 0.384 e. The van der Waals surface area contributed by atoms with E-state index in [0.29, 0.717) is 5.56 Å². The van der Waals surface area contributed by atoms with Gasteiger partial charge in [-0.15, -0.1) is 0 Å². The molecule has 0 bridgehead atoms. The first kappa shape index (κ1) is 17.4. The first-order valence-corrected chi connectivity index (χ1v) is 7.54. The number of hydrogen-bond acceptors (Lipinski definition) is 5. The van der Waals surface area contributed by atoms with E-state index in [1.165, 1.54) is 20.2 Å². The number of nitriles is 1. The number of ketones is 1. The molecule has 24 heavy (non-hydrogen) atoms. The number of aromatic nitrogens is 2. The molecule has 1 aromatic heterocycles. The Kier molecular flexibility index (Phi) is 4.85. The molecule has 0 amide bonds. The highest BCUT2D eigenvalue weighted by Gasteiger charge is 2.23. The topological polar surface area (TPSA) is 111 Å². The number of nitrogens with two attached hydrogens (primary N) is 1. The maximum absolute atomic E-state index is 12.6. The quantitative estimate of drug-likeness (QED) is 0.482. The van der Waals surface area contributed by atoms with Gasteiger partial charge in [0, 0.05) is 18.6 Å². The highest BCUT2D eigenvalue weighted by Crippen LogP contribution is 2.16. The molecule has 0 aliphatic carbocycles. The minimum absolute atomic E-state index is 0.250. The van der Waals surface area contributed by atoms with Crippen LogP contribution in [-0.2, 0) is 14.1 Å². The fourth-order valence-corrected chi connectivity index (χ4v) is 2.35. The second-order valence-electron chi connectivity index (χ2n) is 5.02. The van der Waals surface area contributed by atoms with Gasteiger partial charge in [-0.1, -0.05) is 28.1 Å². The molecule has 0 atom stereocenters. The average Bonchev–Trinajstić information content (AvgIpc) is 2.57. The van der Waals surface area contributed by atoms with Crippen LogP contribution in [0.25, 0.3) is 6.08 Å². The number of Topliss-reactive ketones (excluding diaryl/α,β-unsaturated/α-hetero) is 1. The number of rotatable bonds is 3. The Morgan fingerprint density at radius 3 is 2.33 bits per heavy atom. The smallest absolute Gasteiger partial charge is 0.332 e. The molecule has 1 aromatic carbocycles. The normalized spacial score (nSPS) is 11.2. The van der Waals surface area contributed by atoms with Crippen LogP contribution in [0.15, 0.2) is 43.9 Å². The van der Waals surface area contributed by atoms with Gasteiger partial charge in [0.05, 0.1) is 0 Å².